The van der Waals surface area contributed by atoms with Gasteiger partial charge in [-0.3, -0.25) is 4.98 Å². The highest BCUT2D eigenvalue weighted by molar-refractivity contribution is 9.10. The first-order chi connectivity index (χ1) is 11.6. The molecule has 0 atom stereocenters. The van der Waals surface area contributed by atoms with Crippen LogP contribution in [0.5, 0.6) is 5.75 Å². The van der Waals surface area contributed by atoms with E-state index in [9.17, 15) is 5.26 Å². The third-order valence-corrected chi connectivity index (χ3v) is 4.05. The summed E-state index contributed by atoms with van der Waals surface area (Å²) in [6, 6.07) is 13.6. The lowest BCUT2D eigenvalue weighted by Crippen LogP contribution is -2.01. The van der Waals surface area contributed by atoms with Crippen molar-refractivity contribution < 1.29 is 4.74 Å². The molecule has 0 aliphatic carbocycles. The molecule has 0 aliphatic heterocycles. The van der Waals surface area contributed by atoms with Crippen molar-refractivity contribution in [3.63, 3.8) is 0 Å². The van der Waals surface area contributed by atoms with Crippen LogP contribution >= 0.6 is 15.9 Å². The Balaban J connectivity index is 2.17. The van der Waals surface area contributed by atoms with Gasteiger partial charge in [-0.05, 0) is 37.3 Å². The number of nitrogens with two attached hydrogens (primary N) is 1. The summed E-state index contributed by atoms with van der Waals surface area (Å²) in [6.07, 6.45) is 1.52. The molecule has 0 unspecified atom stereocenters. The Morgan fingerprint density at radius 3 is 2.88 bits per heavy atom. The molecule has 5 nitrogen and oxygen atoms in total. The number of aromatic nitrogens is 1. The maximum Gasteiger partial charge on any atom is 0.144 e. The molecule has 6 heteroatoms. The van der Waals surface area contributed by atoms with Crippen LogP contribution in [0.1, 0.15) is 12.5 Å². The second-order valence-corrected chi connectivity index (χ2v) is 6.02. The Hall–Kier alpha value is -2.78. The van der Waals surface area contributed by atoms with Crippen molar-refractivity contribution >= 4 is 43.9 Å². The molecular formula is C18H15BrN4O. The zero-order valence-electron chi connectivity index (χ0n) is 13.0. The number of nitriles is 1. The van der Waals surface area contributed by atoms with Gasteiger partial charge >= 0.3 is 0 Å². The molecule has 0 bridgehead atoms. The van der Waals surface area contributed by atoms with E-state index in [4.69, 9.17) is 10.5 Å². The summed E-state index contributed by atoms with van der Waals surface area (Å²) in [7, 11) is 0. The molecule has 0 saturated carbocycles. The highest BCUT2D eigenvalue weighted by Crippen LogP contribution is 2.36. The van der Waals surface area contributed by atoms with Crippen molar-refractivity contribution in [3.8, 4) is 11.8 Å². The van der Waals surface area contributed by atoms with Crippen molar-refractivity contribution in [2.45, 2.75) is 6.92 Å². The van der Waals surface area contributed by atoms with Crippen molar-refractivity contribution in [1.29, 1.82) is 5.26 Å². The lowest BCUT2D eigenvalue weighted by atomic mass is 10.1. The lowest BCUT2D eigenvalue weighted by Gasteiger charge is -2.14. The SMILES string of the molecule is CCOc1ccc2c(Nc3cccc(Br)c3)c(C#N)cnc2c1N. The monoisotopic (exact) mass is 382 g/mol. The summed E-state index contributed by atoms with van der Waals surface area (Å²) in [6.45, 7) is 2.42. The van der Waals surface area contributed by atoms with E-state index >= 15 is 0 Å². The molecule has 2 aromatic carbocycles. The Labute approximate surface area is 148 Å². The third kappa shape index (κ3) is 2.99. The summed E-state index contributed by atoms with van der Waals surface area (Å²) < 4.78 is 6.47. The summed E-state index contributed by atoms with van der Waals surface area (Å²) in [5.74, 6) is 0.593. The Morgan fingerprint density at radius 2 is 2.17 bits per heavy atom. The van der Waals surface area contributed by atoms with Crippen LogP contribution in [0, 0.1) is 11.3 Å². The van der Waals surface area contributed by atoms with Gasteiger partial charge < -0.3 is 15.8 Å². The number of hydrogen-bond donors (Lipinski definition) is 2. The van der Waals surface area contributed by atoms with Gasteiger partial charge in [-0.2, -0.15) is 5.26 Å². The zero-order chi connectivity index (χ0) is 17.1. The molecule has 0 amide bonds. The predicted molar refractivity (Wildman–Crippen MR) is 99.5 cm³/mol. The fourth-order valence-corrected chi connectivity index (χ4v) is 2.88. The molecule has 24 heavy (non-hydrogen) atoms. The first-order valence-electron chi connectivity index (χ1n) is 7.40. The van der Waals surface area contributed by atoms with E-state index in [1.807, 2.05) is 37.3 Å². The van der Waals surface area contributed by atoms with E-state index in [0.717, 1.165) is 15.5 Å². The second kappa shape index (κ2) is 6.77. The maximum atomic E-state index is 9.42. The Kier molecular flexibility index (Phi) is 4.54. The van der Waals surface area contributed by atoms with E-state index < -0.39 is 0 Å². The van der Waals surface area contributed by atoms with Crippen molar-refractivity contribution in [1.82, 2.24) is 4.98 Å². The number of nitrogens with zero attached hydrogens (tertiary/aromatic N) is 2. The average Bonchev–Trinajstić information content (AvgIpc) is 2.58. The van der Waals surface area contributed by atoms with Crippen molar-refractivity contribution in [2.24, 2.45) is 0 Å². The van der Waals surface area contributed by atoms with E-state index in [2.05, 4.69) is 32.3 Å². The quantitative estimate of drug-likeness (QED) is 0.644. The minimum atomic E-state index is 0.450. The molecule has 3 rings (SSSR count). The third-order valence-electron chi connectivity index (χ3n) is 3.55. The number of hydrogen-bond acceptors (Lipinski definition) is 5. The van der Waals surface area contributed by atoms with Gasteiger partial charge in [0.1, 0.15) is 17.5 Å². The number of ether oxygens (including phenoxy) is 1. The van der Waals surface area contributed by atoms with Crippen LogP contribution in [-0.4, -0.2) is 11.6 Å². The zero-order valence-corrected chi connectivity index (χ0v) is 14.6. The van der Waals surface area contributed by atoms with Gasteiger partial charge in [0.15, 0.2) is 0 Å². The summed E-state index contributed by atoms with van der Waals surface area (Å²) >= 11 is 3.45. The molecule has 0 aliphatic rings. The van der Waals surface area contributed by atoms with Crippen LogP contribution in [-0.2, 0) is 0 Å². The molecule has 1 aromatic heterocycles. The number of nitrogens with one attached hydrogen (secondary N) is 1. The van der Waals surface area contributed by atoms with Gasteiger partial charge in [0.05, 0.1) is 23.4 Å². The molecule has 0 spiro atoms. The number of pyridine rings is 1. The summed E-state index contributed by atoms with van der Waals surface area (Å²) in [5, 5.41) is 13.5. The Morgan fingerprint density at radius 1 is 1.33 bits per heavy atom. The average molecular weight is 383 g/mol. The molecule has 120 valence electrons. The van der Waals surface area contributed by atoms with E-state index in [0.29, 0.717) is 34.8 Å². The molecular weight excluding hydrogens is 368 g/mol. The number of nitrogen functional groups attached to an aromatic ring is 1. The van der Waals surface area contributed by atoms with Gasteiger partial charge in [-0.15, -0.1) is 0 Å². The molecule has 1 heterocycles. The van der Waals surface area contributed by atoms with Gasteiger partial charge in [0.2, 0.25) is 0 Å². The van der Waals surface area contributed by atoms with Gasteiger partial charge in [-0.1, -0.05) is 22.0 Å². The van der Waals surface area contributed by atoms with Crippen molar-refractivity contribution in [3.05, 3.63) is 52.6 Å². The van der Waals surface area contributed by atoms with Gasteiger partial charge in [0.25, 0.3) is 0 Å². The predicted octanol–water partition coefficient (Wildman–Crippen LogP) is 4.59. The number of fused-ring (bicyclic) bond motifs is 1. The Bertz CT molecular complexity index is 950. The fraction of sp³-hybridized carbons (Fsp3) is 0.111. The molecule has 0 radical (unpaired) electrons. The fourth-order valence-electron chi connectivity index (χ4n) is 2.48. The van der Waals surface area contributed by atoms with E-state index in [-0.39, 0.29) is 0 Å². The molecule has 0 fully saturated rings. The number of anilines is 3. The first kappa shape index (κ1) is 16.1. The number of halogens is 1. The normalized spacial score (nSPS) is 10.4. The topological polar surface area (TPSA) is 84.0 Å². The largest absolute Gasteiger partial charge is 0.492 e. The molecule has 3 aromatic rings. The van der Waals surface area contributed by atoms with Crippen LogP contribution < -0.4 is 15.8 Å². The molecule has 0 saturated heterocycles. The van der Waals surface area contributed by atoms with Crippen LogP contribution in [0.25, 0.3) is 10.9 Å². The minimum Gasteiger partial charge on any atom is -0.492 e. The van der Waals surface area contributed by atoms with Crippen LogP contribution in [0.3, 0.4) is 0 Å². The van der Waals surface area contributed by atoms with Crippen LogP contribution in [0.2, 0.25) is 0 Å². The van der Waals surface area contributed by atoms with Crippen molar-refractivity contribution in [2.75, 3.05) is 17.7 Å². The standard InChI is InChI=1S/C18H15BrN4O/c1-2-24-15-7-6-14-17(23-13-5-3-4-12(19)8-13)11(9-20)10-22-18(14)16(15)21/h3-8,10H,2,21H2,1H3,(H,22,23). The smallest absolute Gasteiger partial charge is 0.144 e. The maximum absolute atomic E-state index is 9.42. The first-order valence-corrected chi connectivity index (χ1v) is 8.20. The minimum absolute atomic E-state index is 0.450. The lowest BCUT2D eigenvalue weighted by molar-refractivity contribution is 0.342. The number of benzene rings is 2. The molecule has 3 N–H and O–H groups in total. The summed E-state index contributed by atoms with van der Waals surface area (Å²) in [4.78, 5) is 4.34. The van der Waals surface area contributed by atoms with Gasteiger partial charge in [0, 0.05) is 21.7 Å². The highest BCUT2D eigenvalue weighted by atomic mass is 79.9. The highest BCUT2D eigenvalue weighted by Gasteiger charge is 2.14. The number of rotatable bonds is 4. The summed E-state index contributed by atoms with van der Waals surface area (Å²) in [5.41, 5.74) is 9.24. The van der Waals surface area contributed by atoms with E-state index in [1.54, 1.807) is 6.07 Å². The van der Waals surface area contributed by atoms with Crippen LogP contribution in [0.4, 0.5) is 17.1 Å². The van der Waals surface area contributed by atoms with E-state index in [1.165, 1.54) is 6.20 Å². The van der Waals surface area contributed by atoms with Gasteiger partial charge in [-0.25, -0.2) is 0 Å². The second-order valence-electron chi connectivity index (χ2n) is 5.10. The van der Waals surface area contributed by atoms with Crippen LogP contribution in [0.15, 0.2) is 47.1 Å².